The molecule has 0 bridgehead atoms. The molecule has 1 heterocycles. The Bertz CT molecular complexity index is 792. The minimum absolute atomic E-state index is 0.161. The van der Waals surface area contributed by atoms with Gasteiger partial charge in [-0.05, 0) is 36.9 Å². The lowest BCUT2D eigenvalue weighted by atomic mass is 10.3. The summed E-state index contributed by atoms with van der Waals surface area (Å²) in [6, 6.07) is 4.49. The first-order chi connectivity index (χ1) is 9.32. The van der Waals surface area contributed by atoms with Gasteiger partial charge in [-0.1, -0.05) is 0 Å². The van der Waals surface area contributed by atoms with Crippen LogP contribution in [0.1, 0.15) is 6.92 Å². The highest BCUT2D eigenvalue weighted by Gasteiger charge is 2.13. The van der Waals surface area contributed by atoms with Crippen LogP contribution < -0.4 is 11.4 Å². The first-order valence-corrected chi connectivity index (χ1v) is 8.46. The number of nitrogens with zero attached hydrogens (tertiary/aromatic N) is 2. The standard InChI is InChI=1S/C11H14N4O3S2/c1-3-15-10(16)13-14-11(15)19-9-5-4-7(6-8(9)12)20(2,17)18/h4-6H,3,12H2,1-2H3,(H,13,16). The number of H-pyrrole nitrogens is 1. The molecule has 7 nitrogen and oxygen atoms in total. The maximum Gasteiger partial charge on any atom is 0.343 e. The van der Waals surface area contributed by atoms with Crippen LogP contribution >= 0.6 is 11.8 Å². The number of hydrogen-bond acceptors (Lipinski definition) is 6. The summed E-state index contributed by atoms with van der Waals surface area (Å²) >= 11 is 1.21. The monoisotopic (exact) mass is 314 g/mol. The smallest absolute Gasteiger partial charge is 0.343 e. The van der Waals surface area contributed by atoms with Crippen molar-refractivity contribution in [1.82, 2.24) is 14.8 Å². The lowest BCUT2D eigenvalue weighted by Gasteiger charge is -2.07. The van der Waals surface area contributed by atoms with Gasteiger partial charge in [0.1, 0.15) is 0 Å². The molecule has 0 aliphatic rings. The number of anilines is 1. The van der Waals surface area contributed by atoms with Crippen LogP contribution in [0.15, 0.2) is 37.9 Å². The molecule has 0 radical (unpaired) electrons. The second-order valence-corrected chi connectivity index (χ2v) is 7.15. The van der Waals surface area contributed by atoms with Gasteiger partial charge in [0.15, 0.2) is 15.0 Å². The van der Waals surface area contributed by atoms with E-state index >= 15 is 0 Å². The van der Waals surface area contributed by atoms with Gasteiger partial charge in [0.05, 0.1) is 4.90 Å². The van der Waals surface area contributed by atoms with Gasteiger partial charge in [0.2, 0.25) is 0 Å². The van der Waals surface area contributed by atoms with Gasteiger partial charge >= 0.3 is 5.69 Å². The summed E-state index contributed by atoms with van der Waals surface area (Å²) < 4.78 is 24.3. The van der Waals surface area contributed by atoms with E-state index in [2.05, 4.69) is 10.2 Å². The number of sulfone groups is 1. The zero-order valence-corrected chi connectivity index (χ0v) is 12.6. The van der Waals surface area contributed by atoms with Crippen molar-refractivity contribution in [3.05, 3.63) is 28.7 Å². The number of aromatic nitrogens is 3. The van der Waals surface area contributed by atoms with Crippen LogP contribution in [-0.4, -0.2) is 29.4 Å². The molecule has 2 aromatic rings. The van der Waals surface area contributed by atoms with E-state index in [0.29, 0.717) is 22.3 Å². The van der Waals surface area contributed by atoms with E-state index in [0.717, 1.165) is 6.26 Å². The predicted molar refractivity (Wildman–Crippen MR) is 76.6 cm³/mol. The van der Waals surface area contributed by atoms with Gasteiger partial charge in [-0.2, -0.15) is 0 Å². The highest BCUT2D eigenvalue weighted by atomic mass is 32.2. The van der Waals surface area contributed by atoms with E-state index < -0.39 is 9.84 Å². The van der Waals surface area contributed by atoms with E-state index in [1.165, 1.54) is 28.5 Å². The fourth-order valence-corrected chi connectivity index (χ4v) is 3.19. The average Bonchev–Trinajstić information content (AvgIpc) is 2.71. The molecular formula is C11H14N4O3S2. The SMILES string of the molecule is CCn1c(Sc2ccc(S(C)(=O)=O)cc2N)n[nH]c1=O. The molecule has 0 amide bonds. The molecule has 2 rings (SSSR count). The highest BCUT2D eigenvalue weighted by molar-refractivity contribution is 7.99. The average molecular weight is 314 g/mol. The number of benzene rings is 1. The summed E-state index contributed by atoms with van der Waals surface area (Å²) in [5, 5.41) is 6.75. The fourth-order valence-electron chi connectivity index (χ4n) is 1.61. The van der Waals surface area contributed by atoms with E-state index in [1.807, 2.05) is 6.92 Å². The molecule has 108 valence electrons. The molecule has 3 N–H and O–H groups in total. The number of hydrogen-bond donors (Lipinski definition) is 2. The van der Waals surface area contributed by atoms with Gasteiger partial charge in [-0.25, -0.2) is 18.3 Å². The molecule has 9 heteroatoms. The molecule has 0 fully saturated rings. The zero-order valence-electron chi connectivity index (χ0n) is 11.0. The molecule has 0 atom stereocenters. The van der Waals surface area contributed by atoms with Gasteiger partial charge in [-0.15, -0.1) is 5.10 Å². The van der Waals surface area contributed by atoms with E-state index in [1.54, 1.807) is 6.07 Å². The molecule has 0 aliphatic heterocycles. The number of aromatic amines is 1. The largest absolute Gasteiger partial charge is 0.398 e. The van der Waals surface area contributed by atoms with Crippen molar-refractivity contribution < 1.29 is 8.42 Å². The Morgan fingerprint density at radius 3 is 2.70 bits per heavy atom. The van der Waals surface area contributed by atoms with Gasteiger partial charge in [0, 0.05) is 23.4 Å². The summed E-state index contributed by atoms with van der Waals surface area (Å²) in [4.78, 5) is 12.3. The van der Waals surface area contributed by atoms with Crippen LogP contribution in [0.5, 0.6) is 0 Å². The maximum absolute atomic E-state index is 11.5. The van der Waals surface area contributed by atoms with Crippen molar-refractivity contribution in [2.75, 3.05) is 12.0 Å². The van der Waals surface area contributed by atoms with Crippen molar-refractivity contribution in [1.29, 1.82) is 0 Å². The van der Waals surface area contributed by atoms with Crippen LogP contribution in [0.4, 0.5) is 5.69 Å². The van der Waals surface area contributed by atoms with Crippen LogP contribution in [0.3, 0.4) is 0 Å². The van der Waals surface area contributed by atoms with E-state index in [9.17, 15) is 13.2 Å². The fraction of sp³-hybridized carbons (Fsp3) is 0.273. The lowest BCUT2D eigenvalue weighted by molar-refractivity contribution is 0.602. The third kappa shape index (κ3) is 2.88. The highest BCUT2D eigenvalue weighted by Crippen LogP contribution is 2.31. The first-order valence-electron chi connectivity index (χ1n) is 5.75. The molecule has 20 heavy (non-hydrogen) atoms. The van der Waals surface area contributed by atoms with E-state index in [-0.39, 0.29) is 10.6 Å². The molecule has 1 aromatic carbocycles. The molecule has 0 aliphatic carbocycles. The lowest BCUT2D eigenvalue weighted by Crippen LogP contribution is -2.16. The Morgan fingerprint density at radius 1 is 1.45 bits per heavy atom. The molecule has 1 aromatic heterocycles. The summed E-state index contributed by atoms with van der Waals surface area (Å²) in [5.74, 6) is 0. The zero-order chi connectivity index (χ0) is 14.9. The topological polar surface area (TPSA) is 111 Å². The summed E-state index contributed by atoms with van der Waals surface area (Å²) in [5.41, 5.74) is 5.89. The molecule has 0 spiro atoms. The third-order valence-corrected chi connectivity index (χ3v) is 4.85. The molecular weight excluding hydrogens is 300 g/mol. The summed E-state index contributed by atoms with van der Waals surface area (Å²) in [6.45, 7) is 2.32. The quantitative estimate of drug-likeness (QED) is 0.805. The van der Waals surface area contributed by atoms with Gasteiger partial charge in [0.25, 0.3) is 0 Å². The first kappa shape index (κ1) is 14.7. The minimum atomic E-state index is -3.29. The Hall–Kier alpha value is -1.74. The van der Waals surface area contributed by atoms with Gasteiger partial charge < -0.3 is 5.73 Å². The number of nitrogen functional groups attached to an aromatic ring is 1. The second kappa shape index (κ2) is 5.33. The maximum atomic E-state index is 11.5. The third-order valence-electron chi connectivity index (χ3n) is 2.65. The normalized spacial score (nSPS) is 11.7. The Morgan fingerprint density at radius 2 is 2.15 bits per heavy atom. The second-order valence-electron chi connectivity index (χ2n) is 4.13. The molecule has 0 saturated carbocycles. The number of nitrogens with two attached hydrogens (primary N) is 1. The van der Waals surface area contributed by atoms with Crippen molar-refractivity contribution >= 4 is 27.3 Å². The number of nitrogens with one attached hydrogen (secondary N) is 1. The Kier molecular flexibility index (Phi) is 3.91. The predicted octanol–water partition coefficient (Wildman–Crippen LogP) is 0.728. The van der Waals surface area contributed by atoms with Crippen LogP contribution in [-0.2, 0) is 16.4 Å². The molecule has 0 unspecified atom stereocenters. The Balaban J connectivity index is 2.38. The Labute approximate surface area is 120 Å². The summed E-state index contributed by atoms with van der Waals surface area (Å²) in [7, 11) is -3.29. The van der Waals surface area contributed by atoms with Crippen LogP contribution in [0.2, 0.25) is 0 Å². The van der Waals surface area contributed by atoms with Gasteiger partial charge in [-0.3, -0.25) is 4.57 Å². The minimum Gasteiger partial charge on any atom is -0.398 e. The van der Waals surface area contributed by atoms with Crippen molar-refractivity contribution in [3.8, 4) is 0 Å². The van der Waals surface area contributed by atoms with Crippen molar-refractivity contribution in [2.24, 2.45) is 0 Å². The van der Waals surface area contributed by atoms with Crippen molar-refractivity contribution in [3.63, 3.8) is 0 Å². The van der Waals surface area contributed by atoms with Crippen LogP contribution in [0.25, 0.3) is 0 Å². The number of rotatable bonds is 4. The molecule has 0 saturated heterocycles. The van der Waals surface area contributed by atoms with E-state index in [4.69, 9.17) is 5.73 Å². The van der Waals surface area contributed by atoms with Crippen LogP contribution in [0, 0.1) is 0 Å². The van der Waals surface area contributed by atoms with Crippen molar-refractivity contribution in [2.45, 2.75) is 28.4 Å². The summed E-state index contributed by atoms with van der Waals surface area (Å²) in [6.07, 6.45) is 1.12.